The molecule has 0 spiro atoms. The first kappa shape index (κ1) is 14.1. The van der Waals surface area contributed by atoms with Crippen LogP contribution in [0.25, 0.3) is 0 Å². The first-order valence-corrected chi connectivity index (χ1v) is 7.73. The van der Waals surface area contributed by atoms with Gasteiger partial charge in [0, 0.05) is 25.0 Å². The fourth-order valence-corrected chi connectivity index (χ4v) is 3.62. The first-order chi connectivity index (χ1) is 10.1. The van der Waals surface area contributed by atoms with Crippen molar-refractivity contribution in [2.75, 3.05) is 19.4 Å². The van der Waals surface area contributed by atoms with E-state index >= 15 is 0 Å². The van der Waals surface area contributed by atoms with Crippen molar-refractivity contribution in [1.82, 2.24) is 14.5 Å². The summed E-state index contributed by atoms with van der Waals surface area (Å²) in [6.07, 6.45) is 2.61. The predicted octanol–water partition coefficient (Wildman–Crippen LogP) is 0.127. The van der Waals surface area contributed by atoms with Crippen LogP contribution in [0.5, 0.6) is 0 Å². The molecular formula is C13H15N3O4S. The zero-order valence-corrected chi connectivity index (χ0v) is 12.4. The molecule has 0 N–H and O–H groups in total. The molecule has 3 rings (SSSR count). The molecule has 2 aliphatic heterocycles. The second-order valence-corrected chi connectivity index (χ2v) is 6.00. The van der Waals surface area contributed by atoms with E-state index in [1.807, 2.05) is 0 Å². The third-order valence-electron chi connectivity index (χ3n) is 3.77. The standard InChI is InChI=1S/C13H15N3O4S/c1-20-12(19)9-3-2-4-15(9)10(17)8-7-14-13-16(11(8)18)5-6-21-13/h7,9H,2-6H2,1H3. The fourth-order valence-electron chi connectivity index (χ4n) is 2.71. The minimum atomic E-state index is -0.602. The predicted molar refractivity (Wildman–Crippen MR) is 75.3 cm³/mol. The molecule has 7 nitrogen and oxygen atoms in total. The molecular weight excluding hydrogens is 294 g/mol. The Morgan fingerprint density at radius 1 is 1.43 bits per heavy atom. The van der Waals surface area contributed by atoms with Crippen LogP contribution in [0.1, 0.15) is 23.2 Å². The van der Waals surface area contributed by atoms with Crippen LogP contribution in [0, 0.1) is 0 Å². The van der Waals surface area contributed by atoms with Gasteiger partial charge < -0.3 is 9.64 Å². The van der Waals surface area contributed by atoms with Gasteiger partial charge in [-0.2, -0.15) is 0 Å². The topological polar surface area (TPSA) is 81.5 Å². The Morgan fingerprint density at radius 2 is 2.24 bits per heavy atom. The highest BCUT2D eigenvalue weighted by Gasteiger charge is 2.36. The van der Waals surface area contributed by atoms with Crippen molar-refractivity contribution in [3.8, 4) is 0 Å². The molecule has 0 aliphatic carbocycles. The van der Waals surface area contributed by atoms with Crippen molar-refractivity contribution < 1.29 is 14.3 Å². The van der Waals surface area contributed by atoms with Gasteiger partial charge in [0.15, 0.2) is 5.16 Å². The van der Waals surface area contributed by atoms with Gasteiger partial charge in [0.1, 0.15) is 11.6 Å². The number of carbonyl (C=O) groups excluding carboxylic acids is 2. The molecule has 3 heterocycles. The number of thioether (sulfide) groups is 1. The Labute approximate surface area is 125 Å². The maximum atomic E-state index is 12.6. The van der Waals surface area contributed by atoms with Gasteiger partial charge in [0.05, 0.1) is 7.11 Å². The van der Waals surface area contributed by atoms with Crippen molar-refractivity contribution in [2.24, 2.45) is 0 Å². The van der Waals surface area contributed by atoms with E-state index in [2.05, 4.69) is 4.98 Å². The van der Waals surface area contributed by atoms with Crippen molar-refractivity contribution >= 4 is 23.6 Å². The second-order valence-electron chi connectivity index (χ2n) is 4.94. The number of aromatic nitrogens is 2. The Bertz CT molecular complexity index is 657. The maximum Gasteiger partial charge on any atom is 0.328 e. The van der Waals surface area contributed by atoms with Crippen LogP contribution in [-0.2, 0) is 16.1 Å². The van der Waals surface area contributed by atoms with Gasteiger partial charge in [-0.15, -0.1) is 0 Å². The van der Waals surface area contributed by atoms with Gasteiger partial charge in [0.2, 0.25) is 0 Å². The highest BCUT2D eigenvalue weighted by molar-refractivity contribution is 7.99. The summed E-state index contributed by atoms with van der Waals surface area (Å²) >= 11 is 1.50. The van der Waals surface area contributed by atoms with E-state index < -0.39 is 17.9 Å². The number of hydrogen-bond donors (Lipinski definition) is 0. The van der Waals surface area contributed by atoms with Gasteiger partial charge >= 0.3 is 5.97 Å². The van der Waals surface area contributed by atoms with Crippen LogP contribution in [0.3, 0.4) is 0 Å². The quantitative estimate of drug-likeness (QED) is 0.570. The molecule has 1 fully saturated rings. The van der Waals surface area contributed by atoms with Gasteiger partial charge in [0.25, 0.3) is 11.5 Å². The Hall–Kier alpha value is -1.83. The SMILES string of the molecule is COC(=O)C1CCCN1C(=O)c1cnc2n(c1=O)CCS2. The summed E-state index contributed by atoms with van der Waals surface area (Å²) in [4.78, 5) is 42.2. The van der Waals surface area contributed by atoms with E-state index in [0.29, 0.717) is 24.7 Å². The molecule has 1 amide bonds. The normalized spacial score (nSPS) is 20.4. The van der Waals surface area contributed by atoms with E-state index in [0.717, 1.165) is 12.2 Å². The van der Waals surface area contributed by atoms with E-state index in [-0.39, 0.29) is 11.1 Å². The summed E-state index contributed by atoms with van der Waals surface area (Å²) in [7, 11) is 1.30. The van der Waals surface area contributed by atoms with Crippen LogP contribution in [0.4, 0.5) is 0 Å². The summed E-state index contributed by atoms with van der Waals surface area (Å²) in [6.45, 7) is 1.02. The summed E-state index contributed by atoms with van der Waals surface area (Å²) < 4.78 is 6.23. The van der Waals surface area contributed by atoms with Crippen LogP contribution >= 0.6 is 11.8 Å². The molecule has 112 valence electrons. The molecule has 1 aromatic rings. The smallest absolute Gasteiger partial charge is 0.328 e. The molecule has 0 aromatic carbocycles. The Balaban J connectivity index is 1.92. The lowest BCUT2D eigenvalue weighted by Gasteiger charge is -2.22. The minimum Gasteiger partial charge on any atom is -0.467 e. The minimum absolute atomic E-state index is 0.0250. The molecule has 0 bridgehead atoms. The number of likely N-dealkylation sites (tertiary alicyclic amines) is 1. The van der Waals surface area contributed by atoms with E-state index in [4.69, 9.17) is 4.74 Å². The van der Waals surface area contributed by atoms with Gasteiger partial charge in [-0.25, -0.2) is 9.78 Å². The second kappa shape index (κ2) is 5.51. The Kier molecular flexibility index (Phi) is 3.71. The molecule has 2 aliphatic rings. The molecule has 1 unspecified atom stereocenters. The number of ether oxygens (including phenoxy) is 1. The van der Waals surface area contributed by atoms with Crippen molar-refractivity contribution in [3.63, 3.8) is 0 Å². The number of carbonyl (C=O) groups is 2. The van der Waals surface area contributed by atoms with E-state index in [1.165, 1.54) is 34.5 Å². The zero-order valence-electron chi connectivity index (χ0n) is 11.6. The zero-order chi connectivity index (χ0) is 15.0. The number of rotatable bonds is 2. The Morgan fingerprint density at radius 3 is 3.00 bits per heavy atom. The molecule has 1 aromatic heterocycles. The summed E-state index contributed by atoms with van der Waals surface area (Å²) in [5.74, 6) is -0.0905. The number of methoxy groups -OCH3 is 1. The van der Waals surface area contributed by atoms with Crippen LogP contribution < -0.4 is 5.56 Å². The third-order valence-corrected chi connectivity index (χ3v) is 4.74. The number of hydrogen-bond acceptors (Lipinski definition) is 6. The molecule has 1 atom stereocenters. The summed E-state index contributed by atoms with van der Waals surface area (Å²) in [6, 6.07) is -0.602. The first-order valence-electron chi connectivity index (χ1n) is 6.75. The third kappa shape index (κ3) is 2.33. The molecule has 8 heteroatoms. The average molecular weight is 309 g/mol. The highest BCUT2D eigenvalue weighted by Crippen LogP contribution is 2.23. The fraction of sp³-hybridized carbons (Fsp3) is 0.538. The van der Waals surface area contributed by atoms with Crippen LogP contribution in [0.15, 0.2) is 16.1 Å². The highest BCUT2D eigenvalue weighted by atomic mass is 32.2. The van der Waals surface area contributed by atoms with Crippen LogP contribution in [-0.4, -0.2) is 51.8 Å². The lowest BCUT2D eigenvalue weighted by molar-refractivity contribution is -0.145. The van der Waals surface area contributed by atoms with Gasteiger partial charge in [-0.1, -0.05) is 11.8 Å². The maximum absolute atomic E-state index is 12.6. The van der Waals surface area contributed by atoms with E-state index in [1.54, 1.807) is 0 Å². The summed E-state index contributed by atoms with van der Waals surface area (Å²) in [5.41, 5.74) is -0.303. The van der Waals surface area contributed by atoms with Gasteiger partial charge in [-0.05, 0) is 12.8 Å². The number of nitrogens with zero attached hydrogens (tertiary/aromatic N) is 3. The number of fused-ring (bicyclic) bond motifs is 1. The number of amides is 1. The largest absolute Gasteiger partial charge is 0.467 e. The molecule has 0 saturated carbocycles. The van der Waals surface area contributed by atoms with Crippen molar-refractivity contribution in [2.45, 2.75) is 30.6 Å². The van der Waals surface area contributed by atoms with Gasteiger partial charge in [-0.3, -0.25) is 14.2 Å². The summed E-state index contributed by atoms with van der Waals surface area (Å²) in [5, 5.41) is 0.641. The molecule has 21 heavy (non-hydrogen) atoms. The monoisotopic (exact) mass is 309 g/mol. The lowest BCUT2D eigenvalue weighted by Crippen LogP contribution is -2.43. The lowest BCUT2D eigenvalue weighted by atomic mass is 10.2. The van der Waals surface area contributed by atoms with Crippen LogP contribution in [0.2, 0.25) is 0 Å². The molecule has 0 radical (unpaired) electrons. The van der Waals surface area contributed by atoms with Crippen molar-refractivity contribution in [3.05, 3.63) is 22.1 Å². The van der Waals surface area contributed by atoms with Crippen molar-refractivity contribution in [1.29, 1.82) is 0 Å². The average Bonchev–Trinajstić information content (AvgIpc) is 3.15. The molecule has 1 saturated heterocycles. The number of esters is 1. The van der Waals surface area contributed by atoms with E-state index in [9.17, 15) is 14.4 Å².